The molecule has 0 aromatic rings. The first-order valence-corrected chi connectivity index (χ1v) is 2.91. The van der Waals surface area contributed by atoms with E-state index in [2.05, 4.69) is 0 Å². The van der Waals surface area contributed by atoms with Crippen molar-refractivity contribution in [2.45, 2.75) is 20.0 Å². The highest BCUT2D eigenvalue weighted by molar-refractivity contribution is 5.93. The Morgan fingerprint density at radius 3 is 2.56 bits per heavy atom. The van der Waals surface area contributed by atoms with Gasteiger partial charge in [0, 0.05) is 7.11 Å². The topological polar surface area (TPSA) is 26.3 Å². The summed E-state index contributed by atoms with van der Waals surface area (Å²) in [5.74, 6) is 0.0139. The monoisotopic (exact) mass is 128 g/mol. The Bertz CT molecular complexity index is 116. The van der Waals surface area contributed by atoms with Crippen LogP contribution in [0.5, 0.6) is 0 Å². The molecule has 2 heteroatoms. The lowest BCUT2D eigenvalue weighted by Gasteiger charge is -2.02. The van der Waals surface area contributed by atoms with Gasteiger partial charge in [0.25, 0.3) is 0 Å². The van der Waals surface area contributed by atoms with E-state index >= 15 is 0 Å². The predicted octanol–water partition coefficient (Wildman–Crippen LogP) is 1.17. The van der Waals surface area contributed by atoms with Gasteiger partial charge in [-0.15, -0.1) is 0 Å². The summed E-state index contributed by atoms with van der Waals surface area (Å²) in [5.41, 5.74) is 0. The number of hydrogen-bond acceptors (Lipinski definition) is 2. The molecule has 0 aromatic carbocycles. The highest BCUT2D eigenvalue weighted by Crippen LogP contribution is 1.90. The summed E-state index contributed by atoms with van der Waals surface area (Å²) in [7, 11) is 1.52. The molecule has 0 bridgehead atoms. The van der Waals surface area contributed by atoms with Crippen LogP contribution in [0.1, 0.15) is 13.8 Å². The van der Waals surface area contributed by atoms with Crippen molar-refractivity contribution in [3.63, 3.8) is 0 Å². The van der Waals surface area contributed by atoms with Crippen LogP contribution in [0.4, 0.5) is 0 Å². The Labute approximate surface area is 55.5 Å². The first-order chi connectivity index (χ1) is 4.22. The van der Waals surface area contributed by atoms with Crippen molar-refractivity contribution in [1.29, 1.82) is 0 Å². The highest BCUT2D eigenvalue weighted by Gasteiger charge is 2.05. The van der Waals surface area contributed by atoms with Crippen LogP contribution in [-0.4, -0.2) is 19.0 Å². The third-order valence-corrected chi connectivity index (χ3v) is 1.09. The summed E-state index contributed by atoms with van der Waals surface area (Å²) >= 11 is 0. The minimum atomic E-state index is -0.304. The summed E-state index contributed by atoms with van der Waals surface area (Å²) in [6.45, 7) is 3.53. The number of carbonyl (C=O) groups excluding carboxylic acids is 1. The molecule has 0 saturated heterocycles. The smallest absolute Gasteiger partial charge is 0.183 e. The summed E-state index contributed by atoms with van der Waals surface area (Å²) in [6, 6.07) is 0. The van der Waals surface area contributed by atoms with Crippen molar-refractivity contribution in [3.05, 3.63) is 12.2 Å². The third kappa shape index (κ3) is 3.03. The zero-order valence-electron chi connectivity index (χ0n) is 6.05. The zero-order chi connectivity index (χ0) is 7.28. The summed E-state index contributed by atoms with van der Waals surface area (Å²) < 4.78 is 4.76. The molecule has 0 heterocycles. The Hall–Kier alpha value is -0.630. The largest absolute Gasteiger partial charge is 0.374 e. The van der Waals surface area contributed by atoms with E-state index < -0.39 is 0 Å². The molecule has 0 rings (SSSR count). The fraction of sp³-hybridized carbons (Fsp3) is 0.571. The summed E-state index contributed by atoms with van der Waals surface area (Å²) in [5, 5.41) is 0. The van der Waals surface area contributed by atoms with E-state index in [0.29, 0.717) is 0 Å². The van der Waals surface area contributed by atoms with E-state index in [-0.39, 0.29) is 11.9 Å². The summed E-state index contributed by atoms with van der Waals surface area (Å²) in [6.07, 6.45) is 2.91. The molecular weight excluding hydrogens is 116 g/mol. The predicted molar refractivity (Wildman–Crippen MR) is 36.3 cm³/mol. The maximum Gasteiger partial charge on any atom is 0.183 e. The molecule has 0 aromatic heterocycles. The number of allylic oxidation sites excluding steroid dienone is 1. The van der Waals surface area contributed by atoms with Crippen LogP contribution in [0.15, 0.2) is 12.2 Å². The van der Waals surface area contributed by atoms with Crippen LogP contribution in [-0.2, 0) is 9.53 Å². The van der Waals surface area contributed by atoms with Gasteiger partial charge in [-0.1, -0.05) is 6.08 Å². The van der Waals surface area contributed by atoms with Crippen molar-refractivity contribution in [2.75, 3.05) is 7.11 Å². The van der Waals surface area contributed by atoms with Gasteiger partial charge in [0.1, 0.15) is 6.10 Å². The molecule has 0 saturated carbocycles. The maximum atomic E-state index is 10.8. The molecule has 9 heavy (non-hydrogen) atoms. The van der Waals surface area contributed by atoms with Crippen molar-refractivity contribution in [1.82, 2.24) is 0 Å². The van der Waals surface area contributed by atoms with Crippen LogP contribution in [0.25, 0.3) is 0 Å². The van der Waals surface area contributed by atoms with Crippen molar-refractivity contribution >= 4 is 5.78 Å². The number of ether oxygens (including phenoxy) is 1. The minimum absolute atomic E-state index is 0.0139. The molecule has 0 aliphatic carbocycles. The zero-order valence-corrected chi connectivity index (χ0v) is 6.05. The third-order valence-electron chi connectivity index (χ3n) is 1.09. The Morgan fingerprint density at radius 2 is 2.22 bits per heavy atom. The van der Waals surface area contributed by atoms with Gasteiger partial charge in [-0.25, -0.2) is 0 Å². The normalized spacial score (nSPS) is 14.1. The lowest BCUT2D eigenvalue weighted by Crippen LogP contribution is -2.15. The van der Waals surface area contributed by atoms with E-state index in [1.54, 1.807) is 19.9 Å². The molecule has 0 aliphatic heterocycles. The average molecular weight is 128 g/mol. The van der Waals surface area contributed by atoms with E-state index in [1.165, 1.54) is 13.2 Å². The van der Waals surface area contributed by atoms with Crippen LogP contribution in [0, 0.1) is 0 Å². The first kappa shape index (κ1) is 8.37. The lowest BCUT2D eigenvalue weighted by molar-refractivity contribution is -0.122. The van der Waals surface area contributed by atoms with Crippen molar-refractivity contribution in [2.24, 2.45) is 0 Å². The number of rotatable bonds is 3. The van der Waals surface area contributed by atoms with E-state index in [0.717, 1.165) is 0 Å². The molecule has 0 aliphatic rings. The second kappa shape index (κ2) is 4.27. The molecule has 52 valence electrons. The van der Waals surface area contributed by atoms with Gasteiger partial charge in [-0.05, 0) is 19.9 Å². The molecule has 0 fully saturated rings. The Balaban J connectivity index is 3.73. The summed E-state index contributed by atoms with van der Waals surface area (Å²) in [4.78, 5) is 10.8. The Morgan fingerprint density at radius 1 is 1.67 bits per heavy atom. The quantitative estimate of drug-likeness (QED) is 0.533. The molecule has 0 radical (unpaired) electrons. The minimum Gasteiger partial charge on any atom is -0.374 e. The lowest BCUT2D eigenvalue weighted by atomic mass is 10.2. The number of ketones is 1. The van der Waals surface area contributed by atoms with Crippen LogP contribution in [0.2, 0.25) is 0 Å². The van der Waals surface area contributed by atoms with E-state index in [4.69, 9.17) is 4.74 Å². The molecule has 0 amide bonds. The highest BCUT2D eigenvalue weighted by atomic mass is 16.5. The van der Waals surface area contributed by atoms with Crippen LogP contribution >= 0.6 is 0 Å². The molecule has 1 unspecified atom stereocenters. The number of methoxy groups -OCH3 is 1. The van der Waals surface area contributed by atoms with Gasteiger partial charge in [0.05, 0.1) is 0 Å². The van der Waals surface area contributed by atoms with Gasteiger partial charge in [-0.3, -0.25) is 4.79 Å². The van der Waals surface area contributed by atoms with Crippen LogP contribution in [0.3, 0.4) is 0 Å². The standard InChI is InChI=1S/C7H12O2/c1-4-5-7(8)6(2)9-3/h4-6H,1-3H3. The van der Waals surface area contributed by atoms with E-state index in [9.17, 15) is 4.79 Å². The van der Waals surface area contributed by atoms with Gasteiger partial charge in [0.15, 0.2) is 5.78 Å². The molecule has 0 spiro atoms. The van der Waals surface area contributed by atoms with E-state index in [1.807, 2.05) is 0 Å². The number of carbonyl (C=O) groups is 1. The first-order valence-electron chi connectivity index (χ1n) is 2.91. The fourth-order valence-electron chi connectivity index (χ4n) is 0.416. The van der Waals surface area contributed by atoms with Crippen molar-refractivity contribution in [3.8, 4) is 0 Å². The molecule has 0 N–H and O–H groups in total. The molecular formula is C7H12O2. The fourth-order valence-corrected chi connectivity index (χ4v) is 0.416. The van der Waals surface area contributed by atoms with Gasteiger partial charge in [0.2, 0.25) is 0 Å². The molecule has 2 nitrogen and oxygen atoms in total. The second-order valence-corrected chi connectivity index (χ2v) is 1.78. The average Bonchev–Trinajstić information content (AvgIpc) is 1.87. The van der Waals surface area contributed by atoms with Crippen LogP contribution < -0.4 is 0 Å². The molecule has 1 atom stereocenters. The second-order valence-electron chi connectivity index (χ2n) is 1.78. The van der Waals surface area contributed by atoms with Crippen molar-refractivity contribution < 1.29 is 9.53 Å². The Kier molecular flexibility index (Phi) is 3.97. The maximum absolute atomic E-state index is 10.8. The van der Waals surface area contributed by atoms with Gasteiger partial charge >= 0.3 is 0 Å². The SMILES string of the molecule is CC=CC(=O)C(C)OC. The van der Waals surface area contributed by atoms with Gasteiger partial charge in [-0.2, -0.15) is 0 Å². The number of hydrogen-bond donors (Lipinski definition) is 0. The van der Waals surface area contributed by atoms with Gasteiger partial charge < -0.3 is 4.74 Å².